The molecular formula is C10H10F2N2O2S. The van der Waals surface area contributed by atoms with Crippen LogP contribution in [0.3, 0.4) is 0 Å². The third kappa shape index (κ3) is 3.47. The summed E-state index contributed by atoms with van der Waals surface area (Å²) in [5, 5.41) is 8.39. The highest BCUT2D eigenvalue weighted by atomic mass is 32.2. The summed E-state index contributed by atoms with van der Waals surface area (Å²) in [5.74, 6) is -2.02. The molecule has 0 saturated heterocycles. The van der Waals surface area contributed by atoms with E-state index in [1.165, 1.54) is 6.92 Å². The van der Waals surface area contributed by atoms with E-state index in [4.69, 9.17) is 5.26 Å². The second kappa shape index (κ2) is 5.21. The van der Waals surface area contributed by atoms with Crippen molar-refractivity contribution in [3.63, 3.8) is 0 Å². The molecule has 0 amide bonds. The van der Waals surface area contributed by atoms with Gasteiger partial charge >= 0.3 is 0 Å². The minimum Gasteiger partial charge on any atom is -0.207 e. The van der Waals surface area contributed by atoms with Crippen molar-refractivity contribution in [2.45, 2.75) is 24.3 Å². The highest BCUT2D eigenvalue weighted by Crippen LogP contribution is 2.15. The zero-order valence-corrected chi connectivity index (χ0v) is 9.76. The van der Waals surface area contributed by atoms with Gasteiger partial charge in [0.25, 0.3) is 0 Å². The quantitative estimate of drug-likeness (QED) is 0.892. The molecule has 0 fully saturated rings. The Kier molecular flexibility index (Phi) is 4.15. The molecular weight excluding hydrogens is 250 g/mol. The van der Waals surface area contributed by atoms with Crippen LogP contribution >= 0.6 is 0 Å². The summed E-state index contributed by atoms with van der Waals surface area (Å²) in [6.45, 7) is 1.47. The van der Waals surface area contributed by atoms with E-state index < -0.39 is 32.6 Å². The van der Waals surface area contributed by atoms with Gasteiger partial charge in [0.05, 0.1) is 12.5 Å². The van der Waals surface area contributed by atoms with Gasteiger partial charge in [0.2, 0.25) is 10.0 Å². The van der Waals surface area contributed by atoms with Crippen LogP contribution in [0.2, 0.25) is 0 Å². The Morgan fingerprint density at radius 1 is 1.47 bits per heavy atom. The second-order valence-electron chi connectivity index (χ2n) is 3.46. The van der Waals surface area contributed by atoms with Crippen LogP contribution in [0.4, 0.5) is 8.78 Å². The van der Waals surface area contributed by atoms with Crippen LogP contribution in [0, 0.1) is 23.0 Å². The monoisotopic (exact) mass is 260 g/mol. The number of halogens is 2. The van der Waals surface area contributed by atoms with Crippen LogP contribution in [0.15, 0.2) is 23.1 Å². The molecule has 0 aliphatic heterocycles. The normalized spacial score (nSPS) is 13.1. The molecule has 0 spiro atoms. The average Bonchev–Trinajstić information content (AvgIpc) is 2.15. The maximum Gasteiger partial charge on any atom is 0.243 e. The van der Waals surface area contributed by atoms with Crippen LogP contribution in [0.1, 0.15) is 13.3 Å². The van der Waals surface area contributed by atoms with Crippen LogP contribution < -0.4 is 4.72 Å². The number of benzene rings is 1. The minimum absolute atomic E-state index is 0.0396. The molecule has 0 saturated carbocycles. The highest BCUT2D eigenvalue weighted by Gasteiger charge is 2.21. The fourth-order valence-corrected chi connectivity index (χ4v) is 2.50. The Hall–Kier alpha value is -1.52. The van der Waals surface area contributed by atoms with Crippen LogP contribution in [0.25, 0.3) is 0 Å². The molecule has 7 heteroatoms. The first kappa shape index (κ1) is 13.5. The average molecular weight is 260 g/mol. The van der Waals surface area contributed by atoms with Crippen molar-refractivity contribution in [3.8, 4) is 6.07 Å². The molecule has 92 valence electrons. The molecule has 0 radical (unpaired) electrons. The van der Waals surface area contributed by atoms with Crippen molar-refractivity contribution in [1.82, 2.24) is 4.72 Å². The number of rotatable bonds is 4. The summed E-state index contributed by atoms with van der Waals surface area (Å²) in [5.41, 5.74) is 0. The molecule has 1 unspecified atom stereocenters. The zero-order valence-electron chi connectivity index (χ0n) is 8.94. The van der Waals surface area contributed by atoms with E-state index in [-0.39, 0.29) is 6.42 Å². The van der Waals surface area contributed by atoms with Crippen molar-refractivity contribution in [3.05, 3.63) is 29.8 Å². The SMILES string of the molecule is CC(CC#N)NS(=O)(=O)c1ccc(F)cc1F. The third-order valence-electron chi connectivity index (χ3n) is 1.94. The first-order valence-corrected chi connectivity index (χ1v) is 6.19. The summed E-state index contributed by atoms with van der Waals surface area (Å²) in [6, 6.07) is 3.32. The summed E-state index contributed by atoms with van der Waals surface area (Å²) in [6.07, 6.45) is -0.0396. The Morgan fingerprint density at radius 2 is 2.12 bits per heavy atom. The predicted octanol–water partition coefficient (Wildman–Crippen LogP) is 1.55. The van der Waals surface area contributed by atoms with Gasteiger partial charge in [0.1, 0.15) is 16.5 Å². The van der Waals surface area contributed by atoms with Crippen LogP contribution in [-0.2, 0) is 10.0 Å². The molecule has 1 aromatic rings. The van der Waals surface area contributed by atoms with Crippen molar-refractivity contribution in [2.75, 3.05) is 0 Å². The number of nitrogens with zero attached hydrogens (tertiary/aromatic N) is 1. The molecule has 1 N–H and O–H groups in total. The zero-order chi connectivity index (χ0) is 13.1. The molecule has 1 aromatic carbocycles. The van der Waals surface area contributed by atoms with E-state index >= 15 is 0 Å². The van der Waals surface area contributed by atoms with E-state index in [1.54, 1.807) is 6.07 Å². The van der Waals surface area contributed by atoms with E-state index in [2.05, 4.69) is 4.72 Å². The molecule has 0 aromatic heterocycles. The van der Waals surface area contributed by atoms with Crippen LogP contribution in [-0.4, -0.2) is 14.5 Å². The third-order valence-corrected chi connectivity index (χ3v) is 3.56. The predicted molar refractivity (Wildman–Crippen MR) is 56.4 cm³/mol. The molecule has 17 heavy (non-hydrogen) atoms. The largest absolute Gasteiger partial charge is 0.243 e. The minimum atomic E-state index is -4.07. The topological polar surface area (TPSA) is 70.0 Å². The van der Waals surface area contributed by atoms with Crippen LogP contribution in [0.5, 0.6) is 0 Å². The number of nitriles is 1. The van der Waals surface area contributed by atoms with Gasteiger partial charge in [-0.25, -0.2) is 21.9 Å². The lowest BCUT2D eigenvalue weighted by molar-refractivity contribution is 0.535. The number of nitrogens with one attached hydrogen (secondary N) is 1. The molecule has 0 heterocycles. The van der Waals surface area contributed by atoms with Crippen molar-refractivity contribution < 1.29 is 17.2 Å². The maximum atomic E-state index is 13.3. The maximum absolute atomic E-state index is 13.3. The Morgan fingerprint density at radius 3 is 2.65 bits per heavy atom. The fraction of sp³-hybridized carbons (Fsp3) is 0.300. The van der Waals surface area contributed by atoms with Crippen molar-refractivity contribution in [2.24, 2.45) is 0 Å². The van der Waals surface area contributed by atoms with E-state index in [0.29, 0.717) is 6.07 Å². The fourth-order valence-electron chi connectivity index (χ4n) is 1.20. The first-order valence-electron chi connectivity index (χ1n) is 4.71. The Bertz CT molecular complexity index is 552. The molecule has 0 aliphatic rings. The number of sulfonamides is 1. The van der Waals surface area contributed by atoms with E-state index in [1.807, 2.05) is 0 Å². The van der Waals surface area contributed by atoms with Crippen molar-refractivity contribution >= 4 is 10.0 Å². The Balaban J connectivity index is 3.02. The summed E-state index contributed by atoms with van der Waals surface area (Å²) in [7, 11) is -4.07. The van der Waals surface area contributed by atoms with Gasteiger partial charge in [-0.1, -0.05) is 0 Å². The van der Waals surface area contributed by atoms with Gasteiger partial charge in [-0.15, -0.1) is 0 Å². The smallest absolute Gasteiger partial charge is 0.207 e. The number of hydrogen-bond acceptors (Lipinski definition) is 3. The van der Waals surface area contributed by atoms with E-state index in [0.717, 1.165) is 12.1 Å². The van der Waals surface area contributed by atoms with Crippen molar-refractivity contribution in [1.29, 1.82) is 5.26 Å². The Labute approximate surface area is 97.9 Å². The molecule has 4 nitrogen and oxygen atoms in total. The lowest BCUT2D eigenvalue weighted by Gasteiger charge is -2.11. The van der Waals surface area contributed by atoms with Gasteiger partial charge in [-0.05, 0) is 19.1 Å². The van der Waals surface area contributed by atoms with Gasteiger partial charge in [0, 0.05) is 12.1 Å². The highest BCUT2D eigenvalue weighted by molar-refractivity contribution is 7.89. The molecule has 1 atom stereocenters. The lowest BCUT2D eigenvalue weighted by Crippen LogP contribution is -2.32. The van der Waals surface area contributed by atoms with E-state index in [9.17, 15) is 17.2 Å². The first-order chi connectivity index (χ1) is 7.86. The summed E-state index contributed by atoms with van der Waals surface area (Å²) in [4.78, 5) is -0.635. The van der Waals surface area contributed by atoms with Gasteiger partial charge < -0.3 is 0 Å². The summed E-state index contributed by atoms with van der Waals surface area (Å²) < 4.78 is 51.3. The number of hydrogen-bond donors (Lipinski definition) is 1. The van der Waals surface area contributed by atoms with Gasteiger partial charge in [-0.2, -0.15) is 5.26 Å². The standard InChI is InChI=1S/C10H10F2N2O2S/c1-7(4-5-13)14-17(15,16)10-3-2-8(11)6-9(10)12/h2-3,6-7,14H,4H2,1H3. The lowest BCUT2D eigenvalue weighted by atomic mass is 10.3. The molecule has 0 bridgehead atoms. The second-order valence-corrected chi connectivity index (χ2v) is 5.14. The van der Waals surface area contributed by atoms with Gasteiger partial charge in [0.15, 0.2) is 0 Å². The molecule has 1 rings (SSSR count). The molecule has 0 aliphatic carbocycles. The van der Waals surface area contributed by atoms with Gasteiger partial charge in [-0.3, -0.25) is 0 Å². The summed E-state index contributed by atoms with van der Waals surface area (Å²) >= 11 is 0.